The molecular weight excluding hydrogens is 307 g/mol. The highest BCUT2D eigenvalue weighted by molar-refractivity contribution is 6.30. The summed E-state index contributed by atoms with van der Waals surface area (Å²) in [6, 6.07) is 15.2. The molecule has 1 heterocycles. The smallest absolute Gasteiger partial charge is 0.247 e. The first-order valence-corrected chi connectivity index (χ1v) is 7.25. The van der Waals surface area contributed by atoms with Crippen molar-refractivity contribution in [2.75, 3.05) is 0 Å². The van der Waals surface area contributed by atoms with Crippen LogP contribution >= 0.6 is 23.2 Å². The quantitative estimate of drug-likeness (QED) is 0.636. The third-order valence-corrected chi connectivity index (χ3v) is 3.70. The Morgan fingerprint density at radius 1 is 1.05 bits per heavy atom. The average molecular weight is 319 g/mol. The molecule has 0 N–H and O–H groups in total. The first kappa shape index (κ1) is 14.1. The maximum absolute atomic E-state index is 6.37. The van der Waals surface area contributed by atoms with Gasteiger partial charge in [0.2, 0.25) is 11.8 Å². The molecule has 1 atom stereocenters. The molecule has 0 amide bonds. The number of benzene rings is 2. The molecule has 0 aliphatic heterocycles. The van der Waals surface area contributed by atoms with E-state index in [0.717, 1.165) is 16.7 Å². The van der Waals surface area contributed by atoms with Gasteiger partial charge < -0.3 is 4.42 Å². The lowest BCUT2D eigenvalue weighted by Crippen LogP contribution is -1.92. The van der Waals surface area contributed by atoms with E-state index >= 15 is 0 Å². The molecule has 1 unspecified atom stereocenters. The van der Waals surface area contributed by atoms with Crippen LogP contribution in [0.1, 0.15) is 22.4 Å². The van der Waals surface area contributed by atoms with Crippen molar-refractivity contribution in [3.05, 3.63) is 70.6 Å². The third-order valence-electron chi connectivity index (χ3n) is 3.04. The van der Waals surface area contributed by atoms with E-state index in [9.17, 15) is 0 Å². The lowest BCUT2D eigenvalue weighted by molar-refractivity contribution is 0.513. The molecular formula is C16H12Cl2N2O. The summed E-state index contributed by atoms with van der Waals surface area (Å²) in [5, 5.41) is 8.26. The van der Waals surface area contributed by atoms with E-state index < -0.39 is 5.38 Å². The minimum atomic E-state index is -0.465. The van der Waals surface area contributed by atoms with Crippen molar-refractivity contribution in [2.24, 2.45) is 0 Å². The molecule has 3 nitrogen and oxygen atoms in total. The first-order chi connectivity index (χ1) is 10.1. The van der Waals surface area contributed by atoms with Crippen molar-refractivity contribution in [1.82, 2.24) is 10.2 Å². The van der Waals surface area contributed by atoms with Crippen molar-refractivity contribution in [3.8, 4) is 11.5 Å². The van der Waals surface area contributed by atoms with Gasteiger partial charge in [0.1, 0.15) is 5.38 Å². The molecule has 1 aromatic heterocycles. The second kappa shape index (κ2) is 5.88. The van der Waals surface area contributed by atoms with E-state index in [0.29, 0.717) is 16.8 Å². The monoisotopic (exact) mass is 318 g/mol. The molecule has 0 bridgehead atoms. The van der Waals surface area contributed by atoms with Crippen LogP contribution in [0.2, 0.25) is 5.02 Å². The fourth-order valence-corrected chi connectivity index (χ4v) is 2.60. The summed E-state index contributed by atoms with van der Waals surface area (Å²) in [4.78, 5) is 0. The van der Waals surface area contributed by atoms with E-state index in [1.54, 1.807) is 6.07 Å². The van der Waals surface area contributed by atoms with E-state index in [1.807, 2.05) is 49.4 Å². The number of nitrogens with zero attached hydrogens (tertiary/aromatic N) is 2. The molecule has 2 aromatic carbocycles. The van der Waals surface area contributed by atoms with Gasteiger partial charge in [-0.1, -0.05) is 41.9 Å². The van der Waals surface area contributed by atoms with Gasteiger partial charge in [0.05, 0.1) is 0 Å². The van der Waals surface area contributed by atoms with Gasteiger partial charge in [0, 0.05) is 10.6 Å². The van der Waals surface area contributed by atoms with Crippen molar-refractivity contribution in [2.45, 2.75) is 12.3 Å². The molecule has 0 spiro atoms. The summed E-state index contributed by atoms with van der Waals surface area (Å²) in [5.41, 5.74) is 2.73. The maximum atomic E-state index is 6.37. The molecule has 0 fully saturated rings. The first-order valence-electron chi connectivity index (χ1n) is 6.43. The number of aryl methyl sites for hydroxylation is 1. The van der Waals surface area contributed by atoms with Crippen LogP contribution in [-0.2, 0) is 0 Å². The van der Waals surface area contributed by atoms with E-state index in [4.69, 9.17) is 27.6 Å². The van der Waals surface area contributed by atoms with Gasteiger partial charge in [0.25, 0.3) is 0 Å². The Hall–Kier alpha value is -1.84. The second-order valence-electron chi connectivity index (χ2n) is 4.74. The Bertz CT molecular complexity index is 736. The molecule has 21 heavy (non-hydrogen) atoms. The number of rotatable bonds is 3. The predicted octanol–water partition coefficient (Wildman–Crippen LogP) is 5.03. The second-order valence-corrected chi connectivity index (χ2v) is 5.61. The van der Waals surface area contributed by atoms with Gasteiger partial charge in [-0.05, 0) is 36.2 Å². The highest BCUT2D eigenvalue weighted by Crippen LogP contribution is 2.30. The van der Waals surface area contributed by atoms with Crippen molar-refractivity contribution >= 4 is 23.2 Å². The molecule has 3 aromatic rings. The van der Waals surface area contributed by atoms with Gasteiger partial charge in [-0.2, -0.15) is 0 Å². The standard InChI is InChI=1S/C16H12Cl2N2O/c1-10-7-12(9-13(17)8-10)15-19-20-16(21-15)14(18)11-5-3-2-4-6-11/h2-9,14H,1H3. The molecule has 106 valence electrons. The van der Waals surface area contributed by atoms with Crippen LogP contribution in [0.15, 0.2) is 52.9 Å². The lowest BCUT2D eigenvalue weighted by atomic mass is 10.1. The van der Waals surface area contributed by atoms with Gasteiger partial charge in [-0.3, -0.25) is 0 Å². The summed E-state index contributed by atoms with van der Waals surface area (Å²) in [6.45, 7) is 1.96. The lowest BCUT2D eigenvalue weighted by Gasteiger charge is -2.04. The normalized spacial score (nSPS) is 12.3. The molecule has 0 saturated carbocycles. The van der Waals surface area contributed by atoms with Crippen molar-refractivity contribution in [3.63, 3.8) is 0 Å². The Morgan fingerprint density at radius 2 is 1.81 bits per heavy atom. The Kier molecular flexibility index (Phi) is 3.95. The van der Waals surface area contributed by atoms with E-state index in [1.165, 1.54) is 0 Å². The Labute approximate surface area is 132 Å². The Balaban J connectivity index is 1.93. The van der Waals surface area contributed by atoms with Crippen LogP contribution in [0.3, 0.4) is 0 Å². The minimum Gasteiger partial charge on any atom is -0.419 e. The highest BCUT2D eigenvalue weighted by atomic mass is 35.5. The number of hydrogen-bond donors (Lipinski definition) is 0. The SMILES string of the molecule is Cc1cc(Cl)cc(-c2nnc(C(Cl)c3ccccc3)o2)c1. The van der Waals surface area contributed by atoms with Crippen LogP contribution in [0, 0.1) is 6.92 Å². The largest absolute Gasteiger partial charge is 0.419 e. The van der Waals surface area contributed by atoms with E-state index in [2.05, 4.69) is 10.2 Å². The zero-order valence-electron chi connectivity index (χ0n) is 11.3. The maximum Gasteiger partial charge on any atom is 0.247 e. The summed E-state index contributed by atoms with van der Waals surface area (Å²) in [7, 11) is 0. The van der Waals surface area contributed by atoms with Gasteiger partial charge in [0.15, 0.2) is 0 Å². The number of halogens is 2. The van der Waals surface area contributed by atoms with Crippen molar-refractivity contribution < 1.29 is 4.42 Å². The van der Waals surface area contributed by atoms with Gasteiger partial charge in [-0.15, -0.1) is 21.8 Å². The molecule has 0 saturated heterocycles. The molecule has 3 rings (SSSR count). The number of alkyl halides is 1. The van der Waals surface area contributed by atoms with Gasteiger partial charge in [-0.25, -0.2) is 0 Å². The number of aromatic nitrogens is 2. The number of hydrogen-bond acceptors (Lipinski definition) is 3. The van der Waals surface area contributed by atoms with Crippen LogP contribution in [0.4, 0.5) is 0 Å². The third kappa shape index (κ3) is 3.09. The zero-order chi connectivity index (χ0) is 14.8. The van der Waals surface area contributed by atoms with Crippen LogP contribution in [0.5, 0.6) is 0 Å². The topological polar surface area (TPSA) is 38.9 Å². The van der Waals surface area contributed by atoms with Crippen molar-refractivity contribution in [1.29, 1.82) is 0 Å². The summed E-state index contributed by atoms with van der Waals surface area (Å²) < 4.78 is 5.68. The Morgan fingerprint density at radius 3 is 2.52 bits per heavy atom. The van der Waals surface area contributed by atoms with Crippen LogP contribution in [0.25, 0.3) is 11.5 Å². The molecule has 0 radical (unpaired) electrons. The molecule has 5 heteroatoms. The molecule has 0 aliphatic carbocycles. The fraction of sp³-hybridized carbons (Fsp3) is 0.125. The summed E-state index contributed by atoms with van der Waals surface area (Å²) in [5.74, 6) is 0.785. The zero-order valence-corrected chi connectivity index (χ0v) is 12.8. The van der Waals surface area contributed by atoms with E-state index in [-0.39, 0.29) is 0 Å². The summed E-state index contributed by atoms with van der Waals surface area (Å²) in [6.07, 6.45) is 0. The average Bonchev–Trinajstić information content (AvgIpc) is 2.96. The fourth-order valence-electron chi connectivity index (χ4n) is 2.08. The predicted molar refractivity (Wildman–Crippen MR) is 83.6 cm³/mol. The highest BCUT2D eigenvalue weighted by Gasteiger charge is 2.18. The summed E-state index contributed by atoms with van der Waals surface area (Å²) >= 11 is 12.4. The molecule has 0 aliphatic rings. The minimum absolute atomic E-state index is 0.371. The van der Waals surface area contributed by atoms with Crippen LogP contribution in [-0.4, -0.2) is 10.2 Å². The van der Waals surface area contributed by atoms with Gasteiger partial charge >= 0.3 is 0 Å². The van der Waals surface area contributed by atoms with Crippen LogP contribution < -0.4 is 0 Å².